The van der Waals surface area contributed by atoms with E-state index >= 15 is 0 Å². The first-order valence-corrected chi connectivity index (χ1v) is 7.32. The van der Waals surface area contributed by atoms with Crippen LogP contribution in [0, 0.1) is 0 Å². The van der Waals surface area contributed by atoms with Crippen LogP contribution in [-0.4, -0.2) is 20.6 Å². The predicted molar refractivity (Wildman–Crippen MR) is 72.7 cm³/mol. The van der Waals surface area contributed by atoms with Gasteiger partial charge in [-0.1, -0.05) is 6.92 Å². The zero-order valence-electron chi connectivity index (χ0n) is 10.6. The van der Waals surface area contributed by atoms with Gasteiger partial charge in [-0.2, -0.15) is 0 Å². The minimum absolute atomic E-state index is 0.737. The van der Waals surface area contributed by atoms with Crippen LogP contribution in [0.25, 0.3) is 0 Å². The Morgan fingerprint density at radius 2 is 2.33 bits per heavy atom. The van der Waals surface area contributed by atoms with Crippen LogP contribution in [0.5, 0.6) is 0 Å². The average Bonchev–Trinajstić information content (AvgIpc) is 2.93. The van der Waals surface area contributed by atoms with E-state index in [1.54, 1.807) is 11.3 Å². The van der Waals surface area contributed by atoms with Gasteiger partial charge in [0.25, 0.3) is 0 Å². The molecule has 0 amide bonds. The number of aromatic nitrogens is 3. The molecule has 0 atom stereocenters. The molecular formula is C13H18N4S. The van der Waals surface area contributed by atoms with Crippen molar-refractivity contribution in [2.75, 3.05) is 0 Å². The fourth-order valence-corrected chi connectivity index (χ4v) is 2.73. The van der Waals surface area contributed by atoms with E-state index in [2.05, 4.69) is 33.0 Å². The topological polar surface area (TPSA) is 42.7 Å². The molecule has 4 nitrogen and oxygen atoms in total. The van der Waals surface area contributed by atoms with E-state index in [1.807, 2.05) is 12.5 Å². The summed E-state index contributed by atoms with van der Waals surface area (Å²) in [6.45, 7) is 3.88. The summed E-state index contributed by atoms with van der Waals surface area (Å²) in [5.41, 5.74) is 1.12. The molecule has 1 aliphatic carbocycles. The van der Waals surface area contributed by atoms with Gasteiger partial charge < -0.3 is 9.88 Å². The minimum atomic E-state index is 0.737. The highest BCUT2D eigenvalue weighted by atomic mass is 32.1. The third-order valence-corrected chi connectivity index (χ3v) is 4.23. The standard InChI is InChI=1S/C13H18N4S/c1-2-12-6-15-13(18-12)8-17-7-11(16-9-17)5-14-10-3-4-10/h6-7,9-10,14H,2-5,8H2,1H3. The normalized spacial score (nSPS) is 15.2. The number of thiazole rings is 1. The quantitative estimate of drug-likeness (QED) is 0.868. The van der Waals surface area contributed by atoms with Crippen molar-refractivity contribution >= 4 is 11.3 Å². The number of aryl methyl sites for hydroxylation is 1. The van der Waals surface area contributed by atoms with E-state index in [0.717, 1.165) is 36.3 Å². The molecule has 96 valence electrons. The van der Waals surface area contributed by atoms with Gasteiger partial charge in [0.1, 0.15) is 5.01 Å². The van der Waals surface area contributed by atoms with E-state index in [9.17, 15) is 0 Å². The average molecular weight is 262 g/mol. The summed E-state index contributed by atoms with van der Waals surface area (Å²) in [5.74, 6) is 0. The Hall–Kier alpha value is -1.20. The molecule has 18 heavy (non-hydrogen) atoms. The van der Waals surface area contributed by atoms with Crippen LogP contribution < -0.4 is 5.32 Å². The van der Waals surface area contributed by atoms with Crippen molar-refractivity contribution in [3.8, 4) is 0 Å². The van der Waals surface area contributed by atoms with Crippen molar-refractivity contribution in [3.63, 3.8) is 0 Å². The minimum Gasteiger partial charge on any atom is -0.330 e. The third-order valence-electron chi connectivity index (χ3n) is 3.10. The molecule has 0 saturated heterocycles. The molecule has 2 aromatic heterocycles. The molecule has 0 spiro atoms. The van der Waals surface area contributed by atoms with Gasteiger partial charge >= 0.3 is 0 Å². The number of rotatable bonds is 6. The highest BCUT2D eigenvalue weighted by Gasteiger charge is 2.20. The summed E-state index contributed by atoms with van der Waals surface area (Å²) in [6.07, 6.45) is 9.70. The van der Waals surface area contributed by atoms with Crippen LogP contribution in [0.3, 0.4) is 0 Å². The van der Waals surface area contributed by atoms with Crippen molar-refractivity contribution in [2.24, 2.45) is 0 Å². The molecule has 1 saturated carbocycles. The van der Waals surface area contributed by atoms with Gasteiger partial charge in [-0.3, -0.25) is 0 Å². The summed E-state index contributed by atoms with van der Waals surface area (Å²) in [4.78, 5) is 10.2. The molecule has 0 unspecified atom stereocenters. The van der Waals surface area contributed by atoms with Crippen LogP contribution in [0.1, 0.15) is 35.3 Å². The Morgan fingerprint density at radius 1 is 1.44 bits per heavy atom. The highest BCUT2D eigenvalue weighted by molar-refractivity contribution is 7.11. The maximum absolute atomic E-state index is 4.43. The van der Waals surface area contributed by atoms with Crippen LogP contribution in [0.2, 0.25) is 0 Å². The third kappa shape index (κ3) is 2.97. The monoisotopic (exact) mass is 262 g/mol. The molecule has 1 N–H and O–H groups in total. The Morgan fingerprint density at radius 3 is 3.06 bits per heavy atom. The lowest BCUT2D eigenvalue weighted by Crippen LogP contribution is -2.15. The van der Waals surface area contributed by atoms with Crippen molar-refractivity contribution in [2.45, 2.75) is 45.3 Å². The van der Waals surface area contributed by atoms with E-state index in [-0.39, 0.29) is 0 Å². The summed E-state index contributed by atoms with van der Waals surface area (Å²) >= 11 is 1.79. The van der Waals surface area contributed by atoms with Crippen molar-refractivity contribution < 1.29 is 0 Å². The van der Waals surface area contributed by atoms with Crippen molar-refractivity contribution in [3.05, 3.63) is 34.3 Å². The van der Waals surface area contributed by atoms with Gasteiger partial charge in [0.2, 0.25) is 0 Å². The molecule has 0 aromatic carbocycles. The van der Waals surface area contributed by atoms with Gasteiger partial charge in [0.15, 0.2) is 0 Å². The summed E-state index contributed by atoms with van der Waals surface area (Å²) in [6, 6.07) is 0.737. The SMILES string of the molecule is CCc1cnc(Cn2cnc(CNC3CC3)c2)s1. The Kier molecular flexibility index (Phi) is 3.43. The van der Waals surface area contributed by atoms with Crippen LogP contribution in [-0.2, 0) is 19.5 Å². The number of hydrogen-bond acceptors (Lipinski definition) is 4. The second kappa shape index (κ2) is 5.20. The first kappa shape index (κ1) is 11.9. The van der Waals surface area contributed by atoms with E-state index < -0.39 is 0 Å². The molecule has 2 aromatic rings. The van der Waals surface area contributed by atoms with Crippen LogP contribution >= 0.6 is 11.3 Å². The molecule has 1 aliphatic rings. The Balaban J connectivity index is 1.58. The lowest BCUT2D eigenvalue weighted by atomic mass is 10.4. The maximum atomic E-state index is 4.43. The van der Waals surface area contributed by atoms with E-state index in [4.69, 9.17) is 0 Å². The lowest BCUT2D eigenvalue weighted by molar-refractivity contribution is 0.676. The molecule has 5 heteroatoms. The zero-order valence-corrected chi connectivity index (χ0v) is 11.4. The molecule has 0 aliphatic heterocycles. The number of hydrogen-bond donors (Lipinski definition) is 1. The first-order valence-electron chi connectivity index (χ1n) is 6.51. The Bertz CT molecular complexity index is 513. The van der Waals surface area contributed by atoms with Crippen LogP contribution in [0.15, 0.2) is 18.7 Å². The highest BCUT2D eigenvalue weighted by Crippen LogP contribution is 2.19. The largest absolute Gasteiger partial charge is 0.330 e. The fourth-order valence-electron chi connectivity index (χ4n) is 1.86. The summed E-state index contributed by atoms with van der Waals surface area (Å²) in [5, 5.41) is 4.63. The lowest BCUT2D eigenvalue weighted by Gasteiger charge is -1.98. The van der Waals surface area contributed by atoms with E-state index in [0.29, 0.717) is 0 Å². The summed E-state index contributed by atoms with van der Waals surface area (Å²) < 4.78 is 2.11. The predicted octanol–water partition coefficient (Wildman–Crippen LogP) is 2.20. The number of nitrogens with one attached hydrogen (secondary N) is 1. The second-order valence-electron chi connectivity index (χ2n) is 4.77. The molecule has 0 bridgehead atoms. The van der Waals surface area contributed by atoms with Gasteiger partial charge in [-0.25, -0.2) is 9.97 Å². The molecule has 1 fully saturated rings. The number of nitrogens with zero attached hydrogens (tertiary/aromatic N) is 3. The Labute approximate surface area is 111 Å². The summed E-state index contributed by atoms with van der Waals surface area (Å²) in [7, 11) is 0. The van der Waals surface area contributed by atoms with E-state index in [1.165, 1.54) is 17.7 Å². The van der Waals surface area contributed by atoms with Crippen molar-refractivity contribution in [1.29, 1.82) is 0 Å². The van der Waals surface area contributed by atoms with Gasteiger partial charge in [-0.15, -0.1) is 11.3 Å². The molecule has 2 heterocycles. The van der Waals surface area contributed by atoms with Gasteiger partial charge in [0, 0.05) is 29.9 Å². The maximum Gasteiger partial charge on any atom is 0.113 e. The van der Waals surface area contributed by atoms with Gasteiger partial charge in [-0.05, 0) is 19.3 Å². The second-order valence-corrected chi connectivity index (χ2v) is 5.97. The van der Waals surface area contributed by atoms with Crippen molar-refractivity contribution in [1.82, 2.24) is 19.9 Å². The molecule has 0 radical (unpaired) electrons. The van der Waals surface area contributed by atoms with Gasteiger partial charge in [0.05, 0.1) is 18.6 Å². The smallest absolute Gasteiger partial charge is 0.113 e. The zero-order chi connectivity index (χ0) is 12.4. The number of imidazole rings is 1. The molecular weight excluding hydrogens is 244 g/mol. The first-order chi connectivity index (χ1) is 8.83. The fraction of sp³-hybridized carbons (Fsp3) is 0.538. The van der Waals surface area contributed by atoms with Crippen LogP contribution in [0.4, 0.5) is 0 Å². The molecule has 3 rings (SSSR count).